The number of nitrogens with two attached hydrogens (primary N) is 1. The van der Waals surface area contributed by atoms with E-state index in [1.807, 2.05) is 13.0 Å². The first-order valence-electron chi connectivity index (χ1n) is 4.05. The molecule has 0 aromatic heterocycles. The van der Waals surface area contributed by atoms with Crippen molar-refractivity contribution in [1.29, 1.82) is 0 Å². The van der Waals surface area contributed by atoms with Crippen molar-refractivity contribution in [1.82, 2.24) is 0 Å². The molecule has 0 amide bonds. The maximum atomic E-state index is 5.84. The molecule has 0 aromatic carbocycles. The monoisotopic (exact) mass is 141 g/mol. The summed E-state index contributed by atoms with van der Waals surface area (Å²) in [6.07, 6.45) is 6.65. The van der Waals surface area contributed by atoms with Crippen molar-refractivity contribution in [2.45, 2.75) is 45.1 Å². The van der Waals surface area contributed by atoms with E-state index in [1.165, 1.54) is 19.3 Å². The van der Waals surface area contributed by atoms with E-state index >= 15 is 0 Å². The van der Waals surface area contributed by atoms with E-state index in [4.69, 9.17) is 5.73 Å². The maximum absolute atomic E-state index is 5.84. The van der Waals surface area contributed by atoms with E-state index in [-0.39, 0.29) is 5.54 Å². The molecule has 0 heterocycles. The van der Waals surface area contributed by atoms with E-state index in [0.717, 1.165) is 6.42 Å². The maximum Gasteiger partial charge on any atom is 0.0307 e. The van der Waals surface area contributed by atoms with Crippen molar-refractivity contribution in [2.24, 2.45) is 5.73 Å². The van der Waals surface area contributed by atoms with E-state index in [1.54, 1.807) is 0 Å². The molecule has 10 heavy (non-hydrogen) atoms. The lowest BCUT2D eigenvalue weighted by atomic mass is 9.96. The van der Waals surface area contributed by atoms with Crippen molar-refractivity contribution in [3.8, 4) is 0 Å². The minimum absolute atomic E-state index is 0.144. The molecule has 2 N–H and O–H groups in total. The minimum atomic E-state index is -0.144. The van der Waals surface area contributed by atoms with Crippen LogP contribution in [0.15, 0.2) is 12.7 Å². The van der Waals surface area contributed by atoms with Crippen molar-refractivity contribution in [3.63, 3.8) is 0 Å². The summed E-state index contributed by atoms with van der Waals surface area (Å²) in [5.74, 6) is 0. The largest absolute Gasteiger partial charge is 0.322 e. The van der Waals surface area contributed by atoms with Crippen LogP contribution < -0.4 is 5.73 Å². The highest BCUT2D eigenvalue weighted by Crippen LogP contribution is 2.11. The summed E-state index contributed by atoms with van der Waals surface area (Å²) in [6, 6.07) is 0. The fraction of sp³-hybridized carbons (Fsp3) is 0.778. The predicted molar refractivity (Wildman–Crippen MR) is 46.9 cm³/mol. The number of rotatable bonds is 5. The highest BCUT2D eigenvalue weighted by molar-refractivity contribution is 4.95. The van der Waals surface area contributed by atoms with Crippen LogP contribution in [0.1, 0.15) is 39.5 Å². The summed E-state index contributed by atoms with van der Waals surface area (Å²) >= 11 is 0. The highest BCUT2D eigenvalue weighted by Gasteiger charge is 2.11. The minimum Gasteiger partial charge on any atom is -0.322 e. The van der Waals surface area contributed by atoms with Crippen LogP contribution in [0.4, 0.5) is 0 Å². The number of hydrogen-bond acceptors (Lipinski definition) is 1. The Hall–Kier alpha value is -0.300. The molecule has 1 atom stereocenters. The standard InChI is InChI=1S/C9H19N/c1-4-6-7-8-9(3,10)5-2/h5H,2,4,6-8,10H2,1,3H3. The first-order valence-corrected chi connectivity index (χ1v) is 4.05. The summed E-state index contributed by atoms with van der Waals surface area (Å²) in [5.41, 5.74) is 5.70. The molecule has 60 valence electrons. The van der Waals surface area contributed by atoms with Gasteiger partial charge in [-0.15, -0.1) is 6.58 Å². The predicted octanol–water partition coefficient (Wildman–Crippen LogP) is 2.47. The summed E-state index contributed by atoms with van der Waals surface area (Å²) in [4.78, 5) is 0. The molecule has 0 saturated heterocycles. The average Bonchev–Trinajstić information content (AvgIpc) is 1.89. The first kappa shape index (κ1) is 9.70. The normalized spacial score (nSPS) is 16.3. The second-order valence-corrected chi connectivity index (χ2v) is 3.17. The molecule has 0 rings (SSSR count). The van der Waals surface area contributed by atoms with Crippen LogP contribution >= 0.6 is 0 Å². The van der Waals surface area contributed by atoms with Gasteiger partial charge in [0.05, 0.1) is 0 Å². The summed E-state index contributed by atoms with van der Waals surface area (Å²) in [6.45, 7) is 7.91. The Balaban J connectivity index is 3.37. The molecule has 0 aliphatic rings. The van der Waals surface area contributed by atoms with Crippen molar-refractivity contribution >= 4 is 0 Å². The second-order valence-electron chi connectivity index (χ2n) is 3.17. The average molecular weight is 141 g/mol. The molecule has 1 heteroatoms. The first-order chi connectivity index (χ1) is 4.62. The van der Waals surface area contributed by atoms with Gasteiger partial charge in [0.15, 0.2) is 0 Å². The van der Waals surface area contributed by atoms with Crippen molar-refractivity contribution in [3.05, 3.63) is 12.7 Å². The van der Waals surface area contributed by atoms with Gasteiger partial charge < -0.3 is 5.73 Å². The Bertz CT molecular complexity index is 94.9. The zero-order chi connectivity index (χ0) is 8.04. The quantitative estimate of drug-likeness (QED) is 0.462. The highest BCUT2D eigenvalue weighted by atomic mass is 14.7. The third-order valence-electron chi connectivity index (χ3n) is 1.79. The van der Waals surface area contributed by atoms with Crippen LogP contribution in [0.2, 0.25) is 0 Å². The lowest BCUT2D eigenvalue weighted by Gasteiger charge is -2.18. The van der Waals surface area contributed by atoms with Gasteiger partial charge in [-0.25, -0.2) is 0 Å². The third-order valence-corrected chi connectivity index (χ3v) is 1.79. The smallest absolute Gasteiger partial charge is 0.0307 e. The topological polar surface area (TPSA) is 26.0 Å². The Morgan fingerprint density at radius 2 is 2.10 bits per heavy atom. The Morgan fingerprint density at radius 3 is 2.50 bits per heavy atom. The van der Waals surface area contributed by atoms with Crippen LogP contribution in [-0.4, -0.2) is 5.54 Å². The van der Waals surface area contributed by atoms with Gasteiger partial charge in [0, 0.05) is 5.54 Å². The number of unbranched alkanes of at least 4 members (excludes halogenated alkanes) is 2. The molecule has 0 spiro atoms. The third kappa shape index (κ3) is 4.57. The molecule has 1 nitrogen and oxygen atoms in total. The van der Waals surface area contributed by atoms with Crippen molar-refractivity contribution in [2.75, 3.05) is 0 Å². The van der Waals surface area contributed by atoms with Gasteiger partial charge in [0.2, 0.25) is 0 Å². The van der Waals surface area contributed by atoms with Crippen LogP contribution in [0.5, 0.6) is 0 Å². The van der Waals surface area contributed by atoms with Gasteiger partial charge in [-0.2, -0.15) is 0 Å². The summed E-state index contributed by atoms with van der Waals surface area (Å²) in [7, 11) is 0. The number of hydrogen-bond donors (Lipinski definition) is 1. The lowest BCUT2D eigenvalue weighted by Crippen LogP contribution is -2.32. The summed E-state index contributed by atoms with van der Waals surface area (Å²) in [5, 5.41) is 0. The van der Waals surface area contributed by atoms with Gasteiger partial charge in [-0.1, -0.05) is 32.3 Å². The molecule has 1 unspecified atom stereocenters. The van der Waals surface area contributed by atoms with E-state index in [9.17, 15) is 0 Å². The summed E-state index contributed by atoms with van der Waals surface area (Å²) < 4.78 is 0. The molecular formula is C9H19N. The Morgan fingerprint density at radius 1 is 1.50 bits per heavy atom. The molecule has 0 fully saturated rings. The van der Waals surface area contributed by atoms with Gasteiger partial charge >= 0.3 is 0 Å². The van der Waals surface area contributed by atoms with E-state index in [2.05, 4.69) is 13.5 Å². The Kier molecular flexibility index (Phi) is 4.37. The van der Waals surface area contributed by atoms with Gasteiger partial charge in [-0.05, 0) is 13.3 Å². The molecule has 0 saturated carbocycles. The van der Waals surface area contributed by atoms with Gasteiger partial charge in [0.25, 0.3) is 0 Å². The molecule has 0 aliphatic carbocycles. The fourth-order valence-corrected chi connectivity index (χ4v) is 0.858. The lowest BCUT2D eigenvalue weighted by molar-refractivity contribution is 0.496. The SMILES string of the molecule is C=CC(C)(N)CCCCC. The van der Waals surface area contributed by atoms with Gasteiger partial charge in [0.1, 0.15) is 0 Å². The molecule has 0 aliphatic heterocycles. The fourth-order valence-electron chi connectivity index (χ4n) is 0.858. The van der Waals surface area contributed by atoms with Crippen LogP contribution in [0.25, 0.3) is 0 Å². The van der Waals surface area contributed by atoms with Gasteiger partial charge in [-0.3, -0.25) is 0 Å². The molecule has 0 radical (unpaired) electrons. The molecular weight excluding hydrogens is 122 g/mol. The molecule has 0 bridgehead atoms. The van der Waals surface area contributed by atoms with E-state index in [0.29, 0.717) is 0 Å². The zero-order valence-electron chi connectivity index (χ0n) is 7.19. The van der Waals surface area contributed by atoms with E-state index < -0.39 is 0 Å². The van der Waals surface area contributed by atoms with Crippen molar-refractivity contribution < 1.29 is 0 Å². The van der Waals surface area contributed by atoms with Crippen LogP contribution in [0, 0.1) is 0 Å². The molecule has 0 aromatic rings. The zero-order valence-corrected chi connectivity index (χ0v) is 7.19. The second kappa shape index (κ2) is 4.51. The Labute approximate surface area is 64.3 Å². The van der Waals surface area contributed by atoms with Crippen LogP contribution in [0.3, 0.4) is 0 Å². The van der Waals surface area contributed by atoms with Crippen LogP contribution in [-0.2, 0) is 0 Å².